The molecule has 0 aromatic heterocycles. The number of carbonyl (C=O) groups is 2. The van der Waals surface area contributed by atoms with Gasteiger partial charge in [0.25, 0.3) is 0 Å². The van der Waals surface area contributed by atoms with Gasteiger partial charge in [0.1, 0.15) is 0 Å². The van der Waals surface area contributed by atoms with Gasteiger partial charge in [-0.2, -0.15) is 0 Å². The van der Waals surface area contributed by atoms with Crippen molar-refractivity contribution in [2.75, 3.05) is 13.6 Å². The first kappa shape index (κ1) is 16.7. The van der Waals surface area contributed by atoms with Gasteiger partial charge in [0.05, 0.1) is 6.42 Å². The van der Waals surface area contributed by atoms with Crippen molar-refractivity contribution in [3.05, 3.63) is 0 Å². The number of hydrogen-bond donors (Lipinski definition) is 2. The van der Waals surface area contributed by atoms with Gasteiger partial charge >= 0.3 is 12.0 Å². The predicted octanol–water partition coefficient (Wildman–Crippen LogP) is 2.32. The van der Waals surface area contributed by atoms with E-state index in [1.165, 1.54) is 4.90 Å². The number of carboxylic acid groups (broad SMARTS) is 1. The van der Waals surface area contributed by atoms with Gasteiger partial charge in [0.15, 0.2) is 0 Å². The number of nitrogens with zero attached hydrogens (tertiary/aromatic N) is 1. The van der Waals surface area contributed by atoms with E-state index in [-0.39, 0.29) is 30.0 Å². The normalized spacial score (nSPS) is 12.1. The first-order valence-electron chi connectivity index (χ1n) is 6.18. The number of aliphatic carboxylic acids is 1. The lowest BCUT2D eigenvalue weighted by molar-refractivity contribution is -0.137. The monoisotopic (exact) mass is 258 g/mol. The second-order valence-electron chi connectivity index (χ2n) is 6.62. The molecule has 106 valence electrons. The number of hydrogen-bond acceptors (Lipinski definition) is 2. The largest absolute Gasteiger partial charge is 0.481 e. The summed E-state index contributed by atoms with van der Waals surface area (Å²) in [5, 5.41) is 11.5. The summed E-state index contributed by atoms with van der Waals surface area (Å²) in [4.78, 5) is 23.7. The van der Waals surface area contributed by atoms with E-state index in [9.17, 15) is 9.59 Å². The van der Waals surface area contributed by atoms with Gasteiger partial charge in [-0.15, -0.1) is 0 Å². The van der Waals surface area contributed by atoms with Crippen molar-refractivity contribution in [3.8, 4) is 0 Å². The topological polar surface area (TPSA) is 69.6 Å². The minimum atomic E-state index is -0.899. The molecule has 0 fully saturated rings. The van der Waals surface area contributed by atoms with Gasteiger partial charge in [-0.3, -0.25) is 4.79 Å². The van der Waals surface area contributed by atoms with E-state index >= 15 is 0 Å². The van der Waals surface area contributed by atoms with Crippen molar-refractivity contribution >= 4 is 12.0 Å². The number of rotatable bonds is 5. The zero-order valence-corrected chi connectivity index (χ0v) is 12.3. The lowest BCUT2D eigenvalue weighted by atomic mass is 9.82. The molecule has 2 N–H and O–H groups in total. The summed E-state index contributed by atoms with van der Waals surface area (Å²) in [6, 6.07) is -0.231. The fourth-order valence-electron chi connectivity index (χ4n) is 2.12. The van der Waals surface area contributed by atoms with E-state index in [0.29, 0.717) is 0 Å². The fraction of sp³-hybridized carbons (Fsp3) is 0.846. The van der Waals surface area contributed by atoms with Crippen LogP contribution < -0.4 is 5.32 Å². The second kappa shape index (κ2) is 6.07. The van der Waals surface area contributed by atoms with Gasteiger partial charge in [-0.25, -0.2) is 4.79 Å². The number of carboxylic acids is 1. The Bertz CT molecular complexity index is 306. The maximum absolute atomic E-state index is 11.9. The molecule has 0 radical (unpaired) electrons. The molecule has 0 heterocycles. The molecular weight excluding hydrogens is 232 g/mol. The first-order valence-corrected chi connectivity index (χ1v) is 6.18. The third-order valence-electron chi connectivity index (χ3n) is 2.43. The molecule has 0 spiro atoms. The van der Waals surface area contributed by atoms with Gasteiger partial charge in [0, 0.05) is 19.1 Å². The molecule has 0 aromatic carbocycles. The second-order valence-corrected chi connectivity index (χ2v) is 6.62. The lowest BCUT2D eigenvalue weighted by Gasteiger charge is -2.34. The Hall–Kier alpha value is -1.26. The van der Waals surface area contributed by atoms with Crippen molar-refractivity contribution in [3.63, 3.8) is 0 Å². The van der Waals surface area contributed by atoms with Gasteiger partial charge in [0.2, 0.25) is 0 Å². The van der Waals surface area contributed by atoms with Crippen molar-refractivity contribution in [2.45, 2.75) is 53.0 Å². The molecule has 5 heteroatoms. The summed E-state index contributed by atoms with van der Waals surface area (Å²) in [6.45, 7) is 10.5. The molecule has 0 unspecified atom stereocenters. The molecule has 5 nitrogen and oxygen atoms in total. The Morgan fingerprint density at radius 3 is 2.06 bits per heavy atom. The van der Waals surface area contributed by atoms with Crippen LogP contribution in [-0.4, -0.2) is 41.1 Å². The molecule has 0 bridgehead atoms. The average Bonchev–Trinajstić information content (AvgIpc) is 2.08. The summed E-state index contributed by atoms with van der Waals surface area (Å²) < 4.78 is 0. The fourth-order valence-corrected chi connectivity index (χ4v) is 2.12. The van der Waals surface area contributed by atoms with Crippen LogP contribution in [0.4, 0.5) is 4.79 Å². The van der Waals surface area contributed by atoms with Crippen LogP contribution in [-0.2, 0) is 4.79 Å². The average molecular weight is 258 g/mol. The van der Waals surface area contributed by atoms with Gasteiger partial charge in [-0.05, 0) is 25.7 Å². The molecule has 0 saturated heterocycles. The van der Waals surface area contributed by atoms with E-state index in [1.807, 2.05) is 13.8 Å². The highest BCUT2D eigenvalue weighted by Crippen LogP contribution is 2.26. The zero-order valence-electron chi connectivity index (χ0n) is 12.3. The number of amides is 2. The number of carbonyl (C=O) groups excluding carboxylic acids is 1. The molecule has 0 aliphatic carbocycles. The Morgan fingerprint density at radius 2 is 1.67 bits per heavy atom. The highest BCUT2D eigenvalue weighted by molar-refractivity contribution is 5.75. The summed E-state index contributed by atoms with van der Waals surface area (Å²) in [6.07, 6.45) is 0.808. The quantitative estimate of drug-likeness (QED) is 0.795. The summed E-state index contributed by atoms with van der Waals surface area (Å²) in [5.41, 5.74) is -0.191. The van der Waals surface area contributed by atoms with Gasteiger partial charge < -0.3 is 15.3 Å². The maximum atomic E-state index is 11.9. The van der Waals surface area contributed by atoms with E-state index in [0.717, 1.165) is 6.42 Å². The highest BCUT2D eigenvalue weighted by Gasteiger charge is 2.27. The molecular formula is C13H26N2O3. The third kappa shape index (κ3) is 7.92. The van der Waals surface area contributed by atoms with Crippen LogP contribution in [0.3, 0.4) is 0 Å². The molecule has 0 atom stereocenters. The molecule has 0 aliphatic rings. The van der Waals surface area contributed by atoms with Crippen molar-refractivity contribution in [1.29, 1.82) is 0 Å². The summed E-state index contributed by atoms with van der Waals surface area (Å²) >= 11 is 0. The maximum Gasteiger partial charge on any atom is 0.317 e. The Labute approximate surface area is 110 Å². The highest BCUT2D eigenvalue weighted by atomic mass is 16.4. The van der Waals surface area contributed by atoms with Crippen molar-refractivity contribution < 1.29 is 14.7 Å². The number of nitrogens with one attached hydrogen (secondary N) is 1. The first-order chi connectivity index (χ1) is 7.93. The minimum Gasteiger partial charge on any atom is -0.481 e. The van der Waals surface area contributed by atoms with Crippen LogP contribution in [0.2, 0.25) is 0 Å². The van der Waals surface area contributed by atoms with Crippen LogP contribution in [0, 0.1) is 5.41 Å². The summed E-state index contributed by atoms with van der Waals surface area (Å²) in [5.74, 6) is -0.899. The SMILES string of the molecule is CN(CCC(=O)O)C(=O)NC(C)(C)CC(C)(C)C. The Balaban J connectivity index is 4.32. The Morgan fingerprint density at radius 1 is 1.17 bits per heavy atom. The molecule has 0 saturated carbocycles. The molecule has 0 aliphatic heterocycles. The third-order valence-corrected chi connectivity index (χ3v) is 2.43. The van der Waals surface area contributed by atoms with Crippen molar-refractivity contribution in [1.82, 2.24) is 10.2 Å². The zero-order chi connectivity index (χ0) is 14.6. The smallest absolute Gasteiger partial charge is 0.317 e. The molecule has 0 aromatic rings. The minimum absolute atomic E-state index is 0.0381. The van der Waals surface area contributed by atoms with Crippen LogP contribution in [0.5, 0.6) is 0 Å². The number of urea groups is 1. The van der Waals surface area contributed by atoms with E-state index in [1.54, 1.807) is 7.05 Å². The predicted molar refractivity (Wildman–Crippen MR) is 71.6 cm³/mol. The standard InChI is InChI=1S/C13H26N2O3/c1-12(2,3)9-13(4,5)14-11(18)15(6)8-7-10(16)17/h7-9H2,1-6H3,(H,14,18)(H,16,17). The van der Waals surface area contributed by atoms with Gasteiger partial charge in [-0.1, -0.05) is 20.8 Å². The van der Waals surface area contributed by atoms with Crippen LogP contribution >= 0.6 is 0 Å². The van der Waals surface area contributed by atoms with E-state index in [2.05, 4.69) is 26.1 Å². The van der Waals surface area contributed by atoms with Crippen LogP contribution in [0.15, 0.2) is 0 Å². The molecule has 0 rings (SSSR count). The van der Waals surface area contributed by atoms with E-state index in [4.69, 9.17) is 5.11 Å². The molecule has 18 heavy (non-hydrogen) atoms. The lowest BCUT2D eigenvalue weighted by Crippen LogP contribution is -2.50. The Kier molecular flexibility index (Phi) is 5.64. The van der Waals surface area contributed by atoms with Crippen LogP contribution in [0.25, 0.3) is 0 Å². The van der Waals surface area contributed by atoms with E-state index < -0.39 is 5.97 Å². The van der Waals surface area contributed by atoms with Crippen molar-refractivity contribution in [2.24, 2.45) is 5.41 Å². The van der Waals surface area contributed by atoms with Crippen LogP contribution in [0.1, 0.15) is 47.5 Å². The molecule has 2 amide bonds. The summed E-state index contributed by atoms with van der Waals surface area (Å²) in [7, 11) is 1.60.